The molecule has 32 heavy (non-hydrogen) atoms. The molecule has 2 aromatic rings. The van der Waals surface area contributed by atoms with Gasteiger partial charge in [0.25, 0.3) is 0 Å². The number of pyridine rings is 1. The summed E-state index contributed by atoms with van der Waals surface area (Å²) in [6, 6.07) is 12.0. The van der Waals surface area contributed by atoms with Crippen LogP contribution in [0.15, 0.2) is 53.8 Å². The lowest BCUT2D eigenvalue weighted by atomic mass is 10.1. The number of aromatic nitrogens is 1. The van der Waals surface area contributed by atoms with E-state index in [9.17, 15) is 19.7 Å². The molecule has 0 radical (unpaired) electrons. The van der Waals surface area contributed by atoms with Crippen molar-refractivity contribution in [2.45, 2.75) is 39.7 Å². The van der Waals surface area contributed by atoms with E-state index in [4.69, 9.17) is 9.47 Å². The molecule has 0 fully saturated rings. The average Bonchev–Trinajstić information content (AvgIpc) is 2.78. The third kappa shape index (κ3) is 7.46. The third-order valence-corrected chi connectivity index (χ3v) is 4.23. The van der Waals surface area contributed by atoms with Crippen LogP contribution in [-0.4, -0.2) is 40.8 Å². The molecule has 10 nitrogen and oxygen atoms in total. The lowest BCUT2D eigenvalue weighted by molar-refractivity contribution is -0.384. The molecular formula is C22H26N4O6. The van der Waals surface area contributed by atoms with Gasteiger partial charge in [0.2, 0.25) is 5.82 Å². The number of rotatable bonds is 12. The molecule has 2 rings (SSSR count). The van der Waals surface area contributed by atoms with E-state index in [0.717, 1.165) is 5.56 Å². The van der Waals surface area contributed by atoms with E-state index in [-0.39, 0.29) is 55.8 Å². The first-order valence-electron chi connectivity index (χ1n) is 10.3. The number of hydrogen-bond acceptors (Lipinski definition) is 9. The summed E-state index contributed by atoms with van der Waals surface area (Å²) >= 11 is 0. The molecule has 0 spiro atoms. The number of nitrogens with zero attached hydrogens (tertiary/aromatic N) is 4. The van der Waals surface area contributed by atoms with Crippen molar-refractivity contribution >= 4 is 29.2 Å². The Kier molecular flexibility index (Phi) is 9.76. The van der Waals surface area contributed by atoms with Crippen LogP contribution < -0.4 is 5.01 Å². The molecule has 170 valence electrons. The van der Waals surface area contributed by atoms with Gasteiger partial charge in [0.15, 0.2) is 0 Å². The van der Waals surface area contributed by atoms with Crippen LogP contribution in [0.3, 0.4) is 0 Å². The SMILES string of the molecule is CCOC(=O)CCC/C(=N\N(Cc1ccccc1)c1ncccc1[N+](=O)[O-])C(=O)OCC. The van der Waals surface area contributed by atoms with Crippen molar-refractivity contribution in [2.24, 2.45) is 5.10 Å². The molecular weight excluding hydrogens is 416 g/mol. The summed E-state index contributed by atoms with van der Waals surface area (Å²) in [5, 5.41) is 17.3. The van der Waals surface area contributed by atoms with Crippen molar-refractivity contribution in [1.29, 1.82) is 0 Å². The maximum absolute atomic E-state index is 12.5. The Morgan fingerprint density at radius 3 is 2.44 bits per heavy atom. The molecule has 0 aliphatic rings. The number of anilines is 1. The predicted octanol–water partition coefficient (Wildman–Crippen LogP) is 3.65. The van der Waals surface area contributed by atoms with E-state index < -0.39 is 10.9 Å². The molecule has 0 aliphatic heterocycles. The molecule has 0 amide bonds. The Morgan fingerprint density at radius 2 is 1.78 bits per heavy atom. The van der Waals surface area contributed by atoms with Crippen LogP contribution in [0.1, 0.15) is 38.7 Å². The highest BCUT2D eigenvalue weighted by Gasteiger charge is 2.23. The lowest BCUT2D eigenvalue weighted by Gasteiger charge is -2.19. The van der Waals surface area contributed by atoms with Crippen LogP contribution in [0.5, 0.6) is 0 Å². The second-order valence-corrected chi connectivity index (χ2v) is 6.57. The van der Waals surface area contributed by atoms with Crippen molar-refractivity contribution in [2.75, 3.05) is 18.2 Å². The van der Waals surface area contributed by atoms with Gasteiger partial charge < -0.3 is 9.47 Å². The minimum atomic E-state index is -0.659. The van der Waals surface area contributed by atoms with E-state index >= 15 is 0 Å². The minimum Gasteiger partial charge on any atom is -0.466 e. The molecule has 1 heterocycles. The van der Waals surface area contributed by atoms with Crippen molar-refractivity contribution in [1.82, 2.24) is 4.98 Å². The highest BCUT2D eigenvalue weighted by atomic mass is 16.6. The van der Waals surface area contributed by atoms with E-state index in [1.54, 1.807) is 13.8 Å². The van der Waals surface area contributed by atoms with E-state index in [1.807, 2.05) is 30.3 Å². The van der Waals surface area contributed by atoms with Crippen LogP contribution >= 0.6 is 0 Å². The van der Waals surface area contributed by atoms with Crippen LogP contribution in [0.2, 0.25) is 0 Å². The first-order chi connectivity index (χ1) is 15.5. The van der Waals surface area contributed by atoms with Crippen LogP contribution in [0.25, 0.3) is 0 Å². The second-order valence-electron chi connectivity index (χ2n) is 6.57. The number of hydrazone groups is 1. The number of ether oxygens (including phenoxy) is 2. The Bertz CT molecular complexity index is 948. The van der Waals surface area contributed by atoms with Gasteiger partial charge in [0, 0.05) is 18.7 Å². The summed E-state index contributed by atoms with van der Waals surface area (Å²) in [6.07, 6.45) is 1.96. The van der Waals surface area contributed by atoms with Crippen LogP contribution in [0, 0.1) is 10.1 Å². The molecule has 0 saturated carbocycles. The Balaban J connectivity index is 2.41. The molecule has 1 aromatic carbocycles. The normalized spacial score (nSPS) is 11.0. The number of carbonyl (C=O) groups excluding carboxylic acids is 2. The molecule has 0 N–H and O–H groups in total. The first kappa shape index (κ1) is 24.4. The fourth-order valence-electron chi connectivity index (χ4n) is 2.83. The maximum atomic E-state index is 12.5. The summed E-state index contributed by atoms with van der Waals surface area (Å²) < 4.78 is 10.0. The number of nitro groups is 1. The smallest absolute Gasteiger partial charge is 0.354 e. The molecule has 10 heteroatoms. The zero-order valence-electron chi connectivity index (χ0n) is 18.1. The summed E-state index contributed by atoms with van der Waals surface area (Å²) in [5.74, 6) is -1.04. The number of hydrogen-bond donors (Lipinski definition) is 0. The third-order valence-electron chi connectivity index (χ3n) is 4.23. The fraction of sp³-hybridized carbons (Fsp3) is 0.364. The second kappa shape index (κ2) is 12.8. The lowest BCUT2D eigenvalue weighted by Crippen LogP contribution is -2.26. The molecule has 0 atom stereocenters. The average molecular weight is 442 g/mol. The largest absolute Gasteiger partial charge is 0.466 e. The summed E-state index contributed by atoms with van der Waals surface area (Å²) in [4.78, 5) is 39.3. The van der Waals surface area contributed by atoms with Crippen LogP contribution in [0.4, 0.5) is 11.5 Å². The summed E-state index contributed by atoms with van der Waals surface area (Å²) in [5.41, 5.74) is 0.597. The summed E-state index contributed by atoms with van der Waals surface area (Å²) in [7, 11) is 0. The van der Waals surface area contributed by atoms with E-state index in [0.29, 0.717) is 6.42 Å². The number of esters is 2. The van der Waals surface area contributed by atoms with Gasteiger partial charge in [-0.2, -0.15) is 5.10 Å². The maximum Gasteiger partial charge on any atom is 0.354 e. The monoisotopic (exact) mass is 442 g/mol. The highest BCUT2D eigenvalue weighted by Crippen LogP contribution is 2.27. The molecule has 0 aliphatic carbocycles. The number of carbonyl (C=O) groups is 2. The molecule has 0 saturated heterocycles. The van der Waals surface area contributed by atoms with Gasteiger partial charge >= 0.3 is 17.6 Å². The Labute approximate surface area is 186 Å². The zero-order chi connectivity index (χ0) is 23.3. The van der Waals surface area contributed by atoms with Gasteiger partial charge in [-0.1, -0.05) is 30.3 Å². The summed E-state index contributed by atoms with van der Waals surface area (Å²) in [6.45, 7) is 3.92. The van der Waals surface area contributed by atoms with Crippen molar-refractivity contribution < 1.29 is 24.0 Å². The first-order valence-corrected chi connectivity index (χ1v) is 10.3. The van der Waals surface area contributed by atoms with Gasteiger partial charge in [-0.05, 0) is 38.3 Å². The number of benzene rings is 1. The Hall–Kier alpha value is -3.82. The molecule has 0 bridgehead atoms. The van der Waals surface area contributed by atoms with E-state index in [1.165, 1.54) is 23.3 Å². The minimum absolute atomic E-state index is 0.00598. The van der Waals surface area contributed by atoms with E-state index in [2.05, 4.69) is 10.1 Å². The zero-order valence-corrected chi connectivity index (χ0v) is 18.1. The van der Waals surface area contributed by atoms with Gasteiger partial charge in [-0.3, -0.25) is 14.9 Å². The van der Waals surface area contributed by atoms with Crippen molar-refractivity contribution in [3.63, 3.8) is 0 Å². The van der Waals surface area contributed by atoms with Crippen molar-refractivity contribution in [3.8, 4) is 0 Å². The predicted molar refractivity (Wildman–Crippen MR) is 118 cm³/mol. The van der Waals surface area contributed by atoms with Gasteiger partial charge in [0.05, 0.1) is 24.7 Å². The van der Waals surface area contributed by atoms with Gasteiger partial charge in [-0.25, -0.2) is 14.8 Å². The van der Waals surface area contributed by atoms with Gasteiger partial charge in [-0.15, -0.1) is 0 Å². The quantitative estimate of drug-likeness (QED) is 0.211. The fourth-order valence-corrected chi connectivity index (χ4v) is 2.83. The standard InChI is InChI=1S/C22H26N4O6/c1-3-31-20(27)14-8-12-18(22(28)32-4-2)24-25(16-17-10-6-5-7-11-17)21-19(26(29)30)13-9-15-23-21/h5-7,9-11,13,15H,3-4,8,12,14,16H2,1-2H3/b24-18+. The Morgan fingerprint density at radius 1 is 1.06 bits per heavy atom. The molecule has 0 unspecified atom stereocenters. The van der Waals surface area contributed by atoms with Crippen molar-refractivity contribution in [3.05, 3.63) is 64.3 Å². The van der Waals surface area contributed by atoms with Crippen LogP contribution in [-0.2, 0) is 25.6 Å². The van der Waals surface area contributed by atoms with Gasteiger partial charge in [0.1, 0.15) is 5.71 Å². The highest BCUT2D eigenvalue weighted by molar-refractivity contribution is 6.36. The topological polar surface area (TPSA) is 124 Å². The molecule has 1 aromatic heterocycles.